The summed E-state index contributed by atoms with van der Waals surface area (Å²) in [6.45, 7) is 4.14. The van der Waals surface area contributed by atoms with Crippen LogP contribution >= 0.6 is 0 Å². The van der Waals surface area contributed by atoms with E-state index in [1.54, 1.807) is 30.5 Å². The van der Waals surface area contributed by atoms with Gasteiger partial charge in [-0.05, 0) is 28.5 Å². The van der Waals surface area contributed by atoms with Gasteiger partial charge in [0.15, 0.2) is 0 Å². The van der Waals surface area contributed by atoms with Gasteiger partial charge in [0, 0.05) is 45.4 Å². The Balaban J connectivity index is 0.000000179. The molecule has 1 aliphatic rings. The Hall–Kier alpha value is -3.68. The van der Waals surface area contributed by atoms with E-state index >= 15 is 0 Å². The van der Waals surface area contributed by atoms with E-state index in [0.29, 0.717) is 11.3 Å². The summed E-state index contributed by atoms with van der Waals surface area (Å²) in [4.78, 5) is 0. The van der Waals surface area contributed by atoms with E-state index in [0.717, 1.165) is 33.7 Å². The number of alkyl halides is 3. The minimum absolute atomic E-state index is 0. The van der Waals surface area contributed by atoms with Crippen molar-refractivity contribution in [1.82, 2.24) is 10.2 Å². The van der Waals surface area contributed by atoms with Gasteiger partial charge in [-0.3, -0.25) is 0 Å². The zero-order valence-corrected chi connectivity index (χ0v) is 22.9. The number of halogens is 4. The first-order valence-electron chi connectivity index (χ1n) is 11.4. The molecule has 9 heteroatoms. The number of fused-ring (bicyclic) bond motifs is 2. The summed E-state index contributed by atoms with van der Waals surface area (Å²) in [6, 6.07) is 20.6. The molecule has 0 saturated carbocycles. The van der Waals surface area contributed by atoms with Crippen LogP contribution in [0.3, 0.4) is 0 Å². The average molecular weight is 695 g/mol. The van der Waals surface area contributed by atoms with Gasteiger partial charge in [0.1, 0.15) is 11.4 Å². The molecular weight excluding hydrogens is 673 g/mol. The molecule has 0 unspecified atom stereocenters. The van der Waals surface area contributed by atoms with E-state index < -0.39 is 17.3 Å². The number of benzene rings is 2. The van der Waals surface area contributed by atoms with Crippen molar-refractivity contribution < 1.29 is 46.8 Å². The van der Waals surface area contributed by atoms with Crippen LogP contribution in [0.15, 0.2) is 73.1 Å². The van der Waals surface area contributed by atoms with Crippen LogP contribution in [0, 0.1) is 26.0 Å². The molecule has 38 heavy (non-hydrogen) atoms. The van der Waals surface area contributed by atoms with E-state index in [4.69, 9.17) is 0 Å². The second-order valence-corrected chi connectivity index (χ2v) is 9.27. The molecule has 0 aliphatic heterocycles. The number of hydrogen-bond acceptors (Lipinski definition) is 1. The van der Waals surface area contributed by atoms with Crippen LogP contribution in [0.4, 0.5) is 17.6 Å². The monoisotopic (exact) mass is 695 g/mol. The molecule has 0 atom stereocenters. The molecule has 0 N–H and O–H groups in total. The van der Waals surface area contributed by atoms with Gasteiger partial charge in [-0.1, -0.05) is 61.4 Å². The van der Waals surface area contributed by atoms with E-state index in [-0.39, 0.29) is 31.6 Å². The summed E-state index contributed by atoms with van der Waals surface area (Å²) in [7, 11) is 7.70. The van der Waals surface area contributed by atoms with Crippen LogP contribution in [0.25, 0.3) is 33.4 Å². The fraction of sp³-hybridized carbons (Fsp3) is 0.138. The minimum Gasteiger partial charge on any atom is -0.580 e. The zero-order valence-electron chi connectivity index (χ0n) is 20.5. The van der Waals surface area contributed by atoms with Crippen LogP contribution in [0.1, 0.15) is 30.7 Å². The fourth-order valence-corrected chi connectivity index (χ4v) is 4.82. The molecule has 3 aromatic heterocycles. The third kappa shape index (κ3) is 4.57. The number of pyridine rings is 2. The zero-order chi connectivity index (χ0) is 26.5. The SMILES string of the molecule is [CH2-][n+]1ccc2cccc3c2c1-c1[c-]ccc(F)c1C3(C)C.[CH2-][n+]1ccccc1-c1cc(C(F)(F)F)n[n-]1.[Ir]. The molecule has 197 valence electrons. The van der Waals surface area contributed by atoms with Crippen LogP contribution in [0.5, 0.6) is 0 Å². The van der Waals surface area contributed by atoms with Crippen LogP contribution < -0.4 is 14.2 Å². The van der Waals surface area contributed by atoms with E-state index in [1.807, 2.05) is 16.8 Å². The average Bonchev–Trinajstić information content (AvgIpc) is 3.34. The molecule has 6 rings (SSSR count). The Bertz CT molecular complexity index is 1640. The fourth-order valence-electron chi connectivity index (χ4n) is 4.82. The summed E-state index contributed by atoms with van der Waals surface area (Å²) in [5.74, 6) is -0.180. The Kier molecular flexibility index (Phi) is 7.12. The van der Waals surface area contributed by atoms with Crippen molar-refractivity contribution in [2.75, 3.05) is 0 Å². The Labute approximate surface area is 231 Å². The number of rotatable bonds is 1. The summed E-state index contributed by atoms with van der Waals surface area (Å²) in [5, 5.41) is 8.87. The molecule has 0 saturated heterocycles. The van der Waals surface area contributed by atoms with Crippen LogP contribution in [-0.4, -0.2) is 5.10 Å². The summed E-state index contributed by atoms with van der Waals surface area (Å²) < 4.78 is 54.7. The minimum atomic E-state index is -4.47. The molecule has 5 aromatic rings. The van der Waals surface area contributed by atoms with E-state index in [9.17, 15) is 17.6 Å². The van der Waals surface area contributed by atoms with Crippen molar-refractivity contribution in [3.05, 3.63) is 116 Å². The van der Waals surface area contributed by atoms with Crippen LogP contribution in [-0.2, 0) is 31.7 Å². The van der Waals surface area contributed by atoms with Crippen molar-refractivity contribution >= 4 is 10.8 Å². The third-order valence-electron chi connectivity index (χ3n) is 6.57. The Morgan fingerprint density at radius 2 is 1.74 bits per heavy atom. The second kappa shape index (κ2) is 9.89. The molecular formula is C29H22F4IrN4-2. The van der Waals surface area contributed by atoms with Gasteiger partial charge in [-0.15, -0.1) is 23.9 Å². The maximum absolute atomic E-state index is 14.5. The van der Waals surface area contributed by atoms with Crippen molar-refractivity contribution in [1.29, 1.82) is 0 Å². The normalized spacial score (nSPS) is 13.2. The number of hydrogen-bond donors (Lipinski definition) is 0. The van der Waals surface area contributed by atoms with Gasteiger partial charge in [-0.25, -0.2) is 4.39 Å². The van der Waals surface area contributed by atoms with Gasteiger partial charge >= 0.3 is 6.18 Å². The largest absolute Gasteiger partial charge is 0.580 e. The van der Waals surface area contributed by atoms with Crippen molar-refractivity contribution in [3.63, 3.8) is 0 Å². The van der Waals surface area contributed by atoms with Crippen molar-refractivity contribution in [2.24, 2.45) is 0 Å². The first-order valence-corrected chi connectivity index (χ1v) is 11.4. The molecule has 1 radical (unpaired) electrons. The number of aromatic nitrogens is 4. The topological polar surface area (TPSA) is 34.8 Å². The van der Waals surface area contributed by atoms with Gasteiger partial charge in [0.25, 0.3) is 0 Å². The molecule has 0 amide bonds. The number of nitrogens with zero attached hydrogens (tertiary/aromatic N) is 4. The maximum Gasteiger partial charge on any atom is 0.431 e. The molecule has 0 fully saturated rings. The Morgan fingerprint density at radius 1 is 0.974 bits per heavy atom. The molecule has 2 aromatic carbocycles. The standard InChI is InChI=1S/C19H15FN.C10H7F3N3.Ir/c1-19(2)14-8-4-6-12-10-11-21(3)18(16(12)14)13-7-5-9-15(20)17(13)19;1-16-5-3-2-4-8(16)7-6-9(15-14-7)10(11,12)13;/h4-6,8-11H,3H2,1-2H3;2-6H,1H2;/q2*-1;. The van der Waals surface area contributed by atoms with E-state index in [2.05, 4.69) is 62.4 Å². The summed E-state index contributed by atoms with van der Waals surface area (Å²) in [6.07, 6.45) is -0.925. The molecule has 0 spiro atoms. The summed E-state index contributed by atoms with van der Waals surface area (Å²) in [5.41, 5.74) is 2.85. The van der Waals surface area contributed by atoms with Gasteiger partial charge in [-0.2, -0.15) is 13.2 Å². The van der Waals surface area contributed by atoms with Gasteiger partial charge in [0.05, 0.1) is 18.1 Å². The van der Waals surface area contributed by atoms with Gasteiger partial charge in [0.2, 0.25) is 0 Å². The van der Waals surface area contributed by atoms with Gasteiger partial charge < -0.3 is 19.3 Å². The molecule has 4 nitrogen and oxygen atoms in total. The molecule has 3 heterocycles. The van der Waals surface area contributed by atoms with Crippen molar-refractivity contribution in [3.8, 4) is 22.6 Å². The smallest absolute Gasteiger partial charge is 0.431 e. The summed E-state index contributed by atoms with van der Waals surface area (Å²) >= 11 is 0. The third-order valence-corrected chi connectivity index (χ3v) is 6.57. The quantitative estimate of drug-likeness (QED) is 0.129. The molecule has 1 aliphatic carbocycles. The maximum atomic E-state index is 14.5. The second-order valence-electron chi connectivity index (χ2n) is 9.27. The first kappa shape index (κ1) is 27.4. The van der Waals surface area contributed by atoms with Crippen LogP contribution in [0.2, 0.25) is 0 Å². The first-order chi connectivity index (χ1) is 17.5. The van der Waals surface area contributed by atoms with E-state index in [1.165, 1.54) is 10.6 Å². The predicted molar refractivity (Wildman–Crippen MR) is 130 cm³/mol. The Morgan fingerprint density at radius 3 is 2.42 bits per heavy atom. The predicted octanol–water partition coefficient (Wildman–Crippen LogP) is 5.66. The van der Waals surface area contributed by atoms with Crippen molar-refractivity contribution in [2.45, 2.75) is 25.4 Å². The molecule has 0 bridgehead atoms.